The zero-order chi connectivity index (χ0) is 26.1. The number of carbonyl (C=O) groups excluding carboxylic acids is 2. The van der Waals surface area contributed by atoms with Crippen molar-refractivity contribution in [1.82, 2.24) is 9.97 Å². The third kappa shape index (κ3) is 4.66. The van der Waals surface area contributed by atoms with Crippen LogP contribution in [0.5, 0.6) is 11.5 Å². The highest BCUT2D eigenvalue weighted by Gasteiger charge is 2.49. The van der Waals surface area contributed by atoms with Gasteiger partial charge in [-0.15, -0.1) is 0 Å². The Kier molecular flexibility index (Phi) is 6.40. The van der Waals surface area contributed by atoms with Crippen LogP contribution in [0.1, 0.15) is 10.4 Å². The molecule has 0 aliphatic carbocycles. The molecule has 3 aromatic rings. The lowest BCUT2D eigenvalue weighted by Crippen LogP contribution is -2.38. The molecule has 2 N–H and O–H groups in total. The van der Waals surface area contributed by atoms with Crippen LogP contribution in [-0.4, -0.2) is 73.5 Å². The van der Waals surface area contributed by atoms with Gasteiger partial charge in [0.25, 0.3) is 0 Å². The monoisotopic (exact) mass is 520 g/mol. The number of fused-ring (bicyclic) bond motifs is 2. The summed E-state index contributed by atoms with van der Waals surface area (Å²) in [6.45, 7) is 0.685. The maximum Gasteiger partial charge on any atom is 0.412 e. The molecule has 3 aliphatic heterocycles. The summed E-state index contributed by atoms with van der Waals surface area (Å²) >= 11 is 0. The first-order chi connectivity index (χ1) is 18.6. The predicted octanol–water partition coefficient (Wildman–Crippen LogP) is 2.85. The van der Waals surface area contributed by atoms with Crippen LogP contribution in [0.25, 0.3) is 11.3 Å². The van der Waals surface area contributed by atoms with Gasteiger partial charge >= 0.3 is 12.1 Å². The summed E-state index contributed by atoms with van der Waals surface area (Å²) < 4.78 is 33.0. The number of carbonyl (C=O) groups is 2. The van der Waals surface area contributed by atoms with Crippen LogP contribution in [0, 0.1) is 0 Å². The third-order valence-corrected chi connectivity index (χ3v) is 6.47. The smallest absolute Gasteiger partial charge is 0.412 e. The molecule has 0 saturated carbocycles. The highest BCUT2D eigenvalue weighted by molar-refractivity contribution is 5.99. The van der Waals surface area contributed by atoms with E-state index in [-0.39, 0.29) is 36.8 Å². The second-order valence-electron chi connectivity index (χ2n) is 8.79. The quantitative estimate of drug-likeness (QED) is 0.464. The average Bonchev–Trinajstić information content (AvgIpc) is 3.67. The van der Waals surface area contributed by atoms with Crippen LogP contribution in [0.4, 0.5) is 16.4 Å². The lowest BCUT2D eigenvalue weighted by Gasteiger charge is -2.18. The van der Waals surface area contributed by atoms with Gasteiger partial charge in [0.05, 0.1) is 43.3 Å². The number of esters is 1. The standard InChI is InChI=1S/C26H24N4O8/c1-33-24(31)15-4-2-3-5-17(15)30-26(32)38-21-12-35-22-18(11-34-23(21)22)29-25-27-9-8-16(28-25)14-6-7-19-20(10-14)37-13-36-19/h2-10,18,21-23H,11-13H2,1H3,(H,30,32)(H,27,28,29). The van der Waals surface area contributed by atoms with Crippen molar-refractivity contribution >= 4 is 23.7 Å². The average molecular weight is 520 g/mol. The number of nitrogens with zero attached hydrogens (tertiary/aromatic N) is 2. The normalized spacial score (nSPS) is 23.0. The van der Waals surface area contributed by atoms with Crippen LogP contribution >= 0.6 is 0 Å². The second-order valence-corrected chi connectivity index (χ2v) is 8.79. The number of benzene rings is 2. The van der Waals surface area contributed by atoms with Crippen molar-refractivity contribution in [3.05, 3.63) is 60.3 Å². The molecular weight excluding hydrogens is 496 g/mol. The zero-order valence-corrected chi connectivity index (χ0v) is 20.3. The van der Waals surface area contributed by atoms with E-state index in [4.69, 9.17) is 28.4 Å². The Morgan fingerprint density at radius 3 is 2.74 bits per heavy atom. The van der Waals surface area contributed by atoms with E-state index >= 15 is 0 Å². The molecule has 2 aromatic carbocycles. The first-order valence-corrected chi connectivity index (χ1v) is 12.0. The molecule has 196 valence electrons. The lowest BCUT2D eigenvalue weighted by atomic mass is 10.1. The van der Waals surface area contributed by atoms with Crippen molar-refractivity contribution in [1.29, 1.82) is 0 Å². The topological polar surface area (TPSA) is 139 Å². The fraction of sp³-hybridized carbons (Fsp3) is 0.308. The van der Waals surface area contributed by atoms with E-state index in [1.54, 1.807) is 30.5 Å². The van der Waals surface area contributed by atoms with Gasteiger partial charge in [-0.05, 0) is 36.4 Å². The SMILES string of the molecule is COC(=O)c1ccccc1NC(=O)OC1COC2C(Nc3nccc(-c4ccc5c(c4)OCO5)n3)COC12. The first kappa shape index (κ1) is 23.9. The van der Waals surface area contributed by atoms with Crippen molar-refractivity contribution in [2.75, 3.05) is 37.8 Å². The second kappa shape index (κ2) is 10.1. The molecule has 3 aliphatic rings. The minimum absolute atomic E-state index is 0.164. The number of nitrogens with one attached hydrogen (secondary N) is 2. The minimum atomic E-state index is -0.727. The largest absolute Gasteiger partial charge is 0.465 e. The highest BCUT2D eigenvalue weighted by Crippen LogP contribution is 2.36. The van der Waals surface area contributed by atoms with E-state index < -0.39 is 24.3 Å². The molecule has 0 bridgehead atoms. The number of ether oxygens (including phenoxy) is 6. The van der Waals surface area contributed by atoms with E-state index in [1.165, 1.54) is 7.11 Å². The number of rotatable bonds is 6. The van der Waals surface area contributed by atoms with Crippen LogP contribution in [0.3, 0.4) is 0 Å². The molecule has 4 heterocycles. The molecule has 6 rings (SSSR count). The Balaban J connectivity index is 1.08. The van der Waals surface area contributed by atoms with E-state index in [9.17, 15) is 9.59 Å². The van der Waals surface area contributed by atoms with Crippen LogP contribution in [0.15, 0.2) is 54.7 Å². The molecule has 0 radical (unpaired) electrons. The van der Waals surface area contributed by atoms with Gasteiger partial charge in [-0.3, -0.25) is 5.32 Å². The molecule has 12 nitrogen and oxygen atoms in total. The van der Waals surface area contributed by atoms with Crippen molar-refractivity contribution in [2.24, 2.45) is 0 Å². The summed E-state index contributed by atoms with van der Waals surface area (Å²) in [6, 6.07) is 13.7. The molecule has 1 amide bonds. The van der Waals surface area contributed by atoms with Crippen molar-refractivity contribution in [3.63, 3.8) is 0 Å². The third-order valence-electron chi connectivity index (χ3n) is 6.47. The summed E-state index contributed by atoms with van der Waals surface area (Å²) in [7, 11) is 1.27. The summed E-state index contributed by atoms with van der Waals surface area (Å²) in [5.74, 6) is 1.22. The van der Waals surface area contributed by atoms with Gasteiger partial charge in [0.15, 0.2) is 17.6 Å². The lowest BCUT2D eigenvalue weighted by molar-refractivity contribution is 0.00916. The van der Waals surface area contributed by atoms with Gasteiger partial charge < -0.3 is 33.7 Å². The number of hydrogen-bond acceptors (Lipinski definition) is 11. The summed E-state index contributed by atoms with van der Waals surface area (Å²) in [5, 5.41) is 5.87. The summed E-state index contributed by atoms with van der Waals surface area (Å²) in [4.78, 5) is 33.5. The molecule has 4 atom stereocenters. The van der Waals surface area contributed by atoms with Gasteiger partial charge in [0.2, 0.25) is 12.7 Å². The Labute approximate surface area is 217 Å². The van der Waals surface area contributed by atoms with E-state index in [0.29, 0.717) is 29.7 Å². The Bertz CT molecular complexity index is 1370. The van der Waals surface area contributed by atoms with E-state index in [1.807, 2.05) is 24.3 Å². The van der Waals surface area contributed by atoms with Crippen LogP contribution < -0.4 is 20.1 Å². The van der Waals surface area contributed by atoms with Crippen molar-refractivity contribution < 1.29 is 38.0 Å². The van der Waals surface area contributed by atoms with Crippen LogP contribution in [0.2, 0.25) is 0 Å². The number of para-hydroxylation sites is 1. The Hall–Kier alpha value is -4.42. The molecule has 12 heteroatoms. The number of hydrogen-bond donors (Lipinski definition) is 2. The van der Waals surface area contributed by atoms with Crippen molar-refractivity contribution in [2.45, 2.75) is 24.4 Å². The maximum absolute atomic E-state index is 12.6. The molecule has 1 aromatic heterocycles. The maximum atomic E-state index is 12.6. The Morgan fingerprint density at radius 1 is 1.00 bits per heavy atom. The molecule has 38 heavy (non-hydrogen) atoms. The van der Waals surface area contributed by atoms with E-state index in [0.717, 1.165) is 5.56 Å². The number of methoxy groups -OCH3 is 1. The van der Waals surface area contributed by atoms with Gasteiger partial charge in [-0.1, -0.05) is 12.1 Å². The van der Waals surface area contributed by atoms with E-state index in [2.05, 4.69) is 20.6 Å². The predicted molar refractivity (Wildman–Crippen MR) is 132 cm³/mol. The molecule has 4 unspecified atom stereocenters. The number of aromatic nitrogens is 2. The van der Waals surface area contributed by atoms with Gasteiger partial charge in [0.1, 0.15) is 12.2 Å². The zero-order valence-electron chi connectivity index (χ0n) is 20.3. The van der Waals surface area contributed by atoms with Gasteiger partial charge in [-0.2, -0.15) is 0 Å². The minimum Gasteiger partial charge on any atom is -0.465 e. The number of amides is 1. The van der Waals surface area contributed by atoms with Gasteiger partial charge in [0, 0.05) is 11.8 Å². The van der Waals surface area contributed by atoms with Crippen LogP contribution in [-0.2, 0) is 18.9 Å². The fourth-order valence-corrected chi connectivity index (χ4v) is 4.66. The molecule has 2 saturated heterocycles. The first-order valence-electron chi connectivity index (χ1n) is 12.0. The highest BCUT2D eigenvalue weighted by atomic mass is 16.7. The molecular formula is C26H24N4O8. The Morgan fingerprint density at radius 2 is 1.84 bits per heavy atom. The van der Waals surface area contributed by atoms with Gasteiger partial charge in [-0.25, -0.2) is 19.6 Å². The summed E-state index contributed by atoms with van der Waals surface area (Å²) in [5.41, 5.74) is 2.09. The summed E-state index contributed by atoms with van der Waals surface area (Å²) in [6.07, 6.45) is -0.520. The fourth-order valence-electron chi connectivity index (χ4n) is 4.66. The molecule has 2 fully saturated rings. The molecule has 0 spiro atoms. The number of anilines is 2. The van der Waals surface area contributed by atoms with Crippen molar-refractivity contribution in [3.8, 4) is 22.8 Å².